The minimum atomic E-state index is -0.975. The second-order valence-electron chi connectivity index (χ2n) is 7.45. The SMILES string of the molecule is COC(=O)C1C2c3ccccc3OC1(C)N(C)c1sc(-c3ccccc3)c([O-])[n+]12. The molecule has 0 spiro atoms. The van der Waals surface area contributed by atoms with Crippen LogP contribution in [0, 0.1) is 5.92 Å². The zero-order valence-corrected chi connectivity index (χ0v) is 17.1. The smallest absolute Gasteiger partial charge is 0.339 e. The molecule has 5 rings (SSSR count). The van der Waals surface area contributed by atoms with Gasteiger partial charge in [-0.2, -0.15) is 0 Å². The quantitative estimate of drug-likeness (QED) is 0.482. The van der Waals surface area contributed by atoms with Crippen LogP contribution in [0.3, 0.4) is 0 Å². The highest BCUT2D eigenvalue weighted by Gasteiger charge is 2.64. The van der Waals surface area contributed by atoms with Gasteiger partial charge in [0.15, 0.2) is 12.0 Å². The van der Waals surface area contributed by atoms with Gasteiger partial charge >= 0.3 is 11.1 Å². The van der Waals surface area contributed by atoms with Gasteiger partial charge in [0.1, 0.15) is 5.75 Å². The van der Waals surface area contributed by atoms with Gasteiger partial charge in [0.05, 0.1) is 24.9 Å². The van der Waals surface area contributed by atoms with Gasteiger partial charge in [0, 0.05) is 12.5 Å². The summed E-state index contributed by atoms with van der Waals surface area (Å²) in [5.74, 6) is -0.516. The number of esters is 1. The molecule has 2 aromatic carbocycles. The molecule has 0 fully saturated rings. The first-order valence-electron chi connectivity index (χ1n) is 9.37. The molecule has 0 amide bonds. The van der Waals surface area contributed by atoms with Gasteiger partial charge in [-0.05, 0) is 23.0 Å². The maximum absolute atomic E-state index is 13.6. The molecule has 3 heterocycles. The van der Waals surface area contributed by atoms with Crippen molar-refractivity contribution in [2.24, 2.45) is 5.92 Å². The van der Waals surface area contributed by atoms with E-state index in [1.165, 1.54) is 18.4 Å². The van der Waals surface area contributed by atoms with Gasteiger partial charge in [-0.3, -0.25) is 4.79 Å². The highest BCUT2D eigenvalue weighted by Crippen LogP contribution is 2.53. The summed E-state index contributed by atoms with van der Waals surface area (Å²) in [4.78, 5) is 15.4. The lowest BCUT2D eigenvalue weighted by atomic mass is 9.79. The Bertz CT molecular complexity index is 1110. The van der Waals surface area contributed by atoms with Crippen LogP contribution in [-0.2, 0) is 9.53 Å². The van der Waals surface area contributed by atoms with Crippen LogP contribution >= 0.6 is 11.3 Å². The van der Waals surface area contributed by atoms with E-state index in [1.807, 2.05) is 73.5 Å². The van der Waals surface area contributed by atoms with Gasteiger partial charge in [0.25, 0.3) is 5.72 Å². The number of carbonyl (C=O) groups is 1. The van der Waals surface area contributed by atoms with E-state index in [0.717, 1.165) is 16.3 Å². The number of rotatable bonds is 2. The highest BCUT2D eigenvalue weighted by atomic mass is 32.1. The van der Waals surface area contributed by atoms with Crippen molar-refractivity contribution in [2.75, 3.05) is 19.1 Å². The van der Waals surface area contributed by atoms with Crippen molar-refractivity contribution < 1.29 is 23.9 Å². The molecule has 0 saturated heterocycles. The number of thiazole rings is 1. The van der Waals surface area contributed by atoms with Crippen molar-refractivity contribution >= 4 is 22.4 Å². The summed E-state index contributed by atoms with van der Waals surface area (Å²) in [6.45, 7) is 1.88. The van der Waals surface area contributed by atoms with Crippen LogP contribution < -0.4 is 19.3 Å². The van der Waals surface area contributed by atoms with Crippen molar-refractivity contribution in [1.82, 2.24) is 0 Å². The van der Waals surface area contributed by atoms with Crippen molar-refractivity contribution in [3.05, 3.63) is 60.2 Å². The van der Waals surface area contributed by atoms with Gasteiger partial charge in [0.2, 0.25) is 0 Å². The third-order valence-electron chi connectivity index (χ3n) is 5.98. The minimum absolute atomic E-state index is 0.110. The Morgan fingerprint density at radius 1 is 1.21 bits per heavy atom. The Morgan fingerprint density at radius 3 is 2.62 bits per heavy atom. The zero-order chi connectivity index (χ0) is 20.3. The van der Waals surface area contributed by atoms with Crippen LogP contribution in [0.1, 0.15) is 18.5 Å². The molecule has 29 heavy (non-hydrogen) atoms. The maximum atomic E-state index is 13.6. The van der Waals surface area contributed by atoms with Crippen LogP contribution in [0.5, 0.6) is 11.6 Å². The largest absolute Gasteiger partial charge is 0.841 e. The third kappa shape index (κ3) is 2.34. The molecule has 1 aromatic heterocycles. The lowest BCUT2D eigenvalue weighted by molar-refractivity contribution is -0.747. The van der Waals surface area contributed by atoms with Gasteiger partial charge in [-0.25, -0.2) is 9.47 Å². The first kappa shape index (κ1) is 18.0. The Balaban J connectivity index is 1.82. The predicted octanol–water partition coefficient (Wildman–Crippen LogP) is 2.71. The number of hydrogen-bond acceptors (Lipinski definition) is 6. The van der Waals surface area contributed by atoms with Crippen molar-refractivity contribution in [2.45, 2.75) is 18.7 Å². The van der Waals surface area contributed by atoms with Crippen molar-refractivity contribution in [3.63, 3.8) is 0 Å². The summed E-state index contributed by atoms with van der Waals surface area (Å²) in [6, 6.07) is 16.7. The standard InChI is InChI=1S/C22H20N2O4S/c1-22-16(20(26)27-3)17(14-11-7-8-12-15(14)28-22)24-19(25)18(29-21(24)23(22)2)13-9-5-4-6-10-13/h4-12,16-17H,1-3H3. The van der Waals surface area contributed by atoms with Gasteiger partial charge in [-0.1, -0.05) is 48.5 Å². The van der Waals surface area contributed by atoms with E-state index < -0.39 is 23.7 Å². The molecule has 2 bridgehead atoms. The Labute approximate surface area is 172 Å². The minimum Gasteiger partial charge on any atom is -0.841 e. The Morgan fingerprint density at radius 2 is 1.90 bits per heavy atom. The fraction of sp³-hybridized carbons (Fsp3) is 0.273. The van der Waals surface area contributed by atoms with E-state index in [1.54, 1.807) is 4.57 Å². The number of carbonyl (C=O) groups excluding carboxylic acids is 1. The molecule has 2 aliphatic rings. The summed E-state index contributed by atoms with van der Waals surface area (Å²) < 4.78 is 13.2. The summed E-state index contributed by atoms with van der Waals surface area (Å²) in [6.07, 6.45) is 0. The summed E-state index contributed by atoms with van der Waals surface area (Å²) in [5.41, 5.74) is 0.702. The van der Waals surface area contributed by atoms with Crippen molar-refractivity contribution in [3.8, 4) is 22.1 Å². The van der Waals surface area contributed by atoms with Crippen LogP contribution in [0.4, 0.5) is 5.13 Å². The normalized spacial score (nSPS) is 24.3. The van der Waals surface area contributed by atoms with E-state index in [-0.39, 0.29) is 5.88 Å². The zero-order valence-electron chi connectivity index (χ0n) is 16.3. The number of hydrogen-bond donors (Lipinski definition) is 0. The maximum Gasteiger partial charge on any atom is 0.339 e. The fourth-order valence-electron chi connectivity index (χ4n) is 4.43. The number of para-hydroxylation sites is 1. The molecule has 7 heteroatoms. The van der Waals surface area contributed by atoms with Crippen LogP contribution in [-0.4, -0.2) is 25.9 Å². The molecule has 0 N–H and O–H groups in total. The number of methoxy groups -OCH3 is 1. The van der Waals surface area contributed by atoms with E-state index in [9.17, 15) is 9.90 Å². The second-order valence-corrected chi connectivity index (χ2v) is 8.43. The van der Waals surface area contributed by atoms with Gasteiger partial charge in [-0.15, -0.1) is 0 Å². The summed E-state index contributed by atoms with van der Waals surface area (Å²) in [5, 5.41) is 14.3. The molecular formula is C22H20N2O4S. The molecule has 148 valence electrons. The van der Waals surface area contributed by atoms with Crippen LogP contribution in [0.25, 0.3) is 10.4 Å². The molecule has 0 radical (unpaired) electrons. The van der Waals surface area contributed by atoms with E-state index in [0.29, 0.717) is 10.6 Å². The molecule has 3 unspecified atom stereocenters. The molecule has 3 atom stereocenters. The second kappa shape index (κ2) is 6.22. The van der Waals surface area contributed by atoms with Crippen LogP contribution in [0.2, 0.25) is 0 Å². The Kier molecular flexibility index (Phi) is 3.86. The van der Waals surface area contributed by atoms with Crippen LogP contribution in [0.15, 0.2) is 54.6 Å². The molecular weight excluding hydrogens is 388 g/mol. The molecule has 3 aromatic rings. The topological polar surface area (TPSA) is 65.7 Å². The number of aromatic nitrogens is 1. The third-order valence-corrected chi connectivity index (χ3v) is 7.25. The molecule has 0 aliphatic carbocycles. The first-order chi connectivity index (χ1) is 14.0. The number of anilines is 1. The average molecular weight is 408 g/mol. The van der Waals surface area contributed by atoms with E-state index in [2.05, 4.69) is 0 Å². The summed E-state index contributed by atoms with van der Waals surface area (Å²) >= 11 is 1.42. The van der Waals surface area contributed by atoms with Gasteiger partial charge < -0.3 is 14.6 Å². The summed E-state index contributed by atoms with van der Waals surface area (Å²) in [7, 11) is 3.23. The van der Waals surface area contributed by atoms with E-state index in [4.69, 9.17) is 9.47 Å². The average Bonchev–Trinajstić information content (AvgIpc) is 3.08. The lowest BCUT2D eigenvalue weighted by Gasteiger charge is -2.48. The monoisotopic (exact) mass is 408 g/mol. The number of ether oxygens (including phenoxy) is 2. The molecule has 6 nitrogen and oxygen atoms in total. The lowest BCUT2D eigenvalue weighted by Crippen LogP contribution is -2.71. The number of fused-ring (bicyclic) bond motifs is 6. The fourth-order valence-corrected chi connectivity index (χ4v) is 5.67. The van der Waals surface area contributed by atoms with Crippen molar-refractivity contribution in [1.29, 1.82) is 0 Å². The molecule has 0 saturated carbocycles. The highest BCUT2D eigenvalue weighted by molar-refractivity contribution is 7.18. The number of nitrogens with zero attached hydrogens (tertiary/aromatic N) is 2. The molecule has 2 aliphatic heterocycles. The van der Waals surface area contributed by atoms with E-state index >= 15 is 0 Å². The first-order valence-corrected chi connectivity index (χ1v) is 10.2. The number of benzene rings is 2. The predicted molar refractivity (Wildman–Crippen MR) is 107 cm³/mol. The Hall–Kier alpha value is -3.06.